The van der Waals surface area contributed by atoms with Crippen LogP contribution in [0.1, 0.15) is 13.8 Å². The number of halogens is 1. The first-order valence-corrected chi connectivity index (χ1v) is 5.99. The maximum Gasteiger partial charge on any atom is 0.145 e. The monoisotopic (exact) mass is 321 g/mol. The number of methoxy groups -OCH3 is 1. The van der Waals surface area contributed by atoms with Gasteiger partial charge in [0.1, 0.15) is 12.1 Å². The van der Waals surface area contributed by atoms with Gasteiger partial charge in [0.15, 0.2) is 0 Å². The van der Waals surface area contributed by atoms with E-state index in [1.54, 1.807) is 13.4 Å². The van der Waals surface area contributed by atoms with Crippen molar-refractivity contribution < 1.29 is 4.74 Å². The van der Waals surface area contributed by atoms with Crippen LogP contribution < -0.4 is 4.90 Å². The van der Waals surface area contributed by atoms with Crippen molar-refractivity contribution >= 4 is 28.4 Å². The van der Waals surface area contributed by atoms with Crippen LogP contribution in [0.5, 0.6) is 0 Å². The Balaban J connectivity index is 2.87. The quantitative estimate of drug-likeness (QED) is 0.777. The van der Waals surface area contributed by atoms with E-state index in [-0.39, 0.29) is 0 Å². The smallest absolute Gasteiger partial charge is 0.145 e. The van der Waals surface area contributed by atoms with Gasteiger partial charge in [0.2, 0.25) is 0 Å². The second-order valence-electron chi connectivity index (χ2n) is 3.28. The number of hydrogen-bond donors (Lipinski definition) is 0. The van der Waals surface area contributed by atoms with Crippen LogP contribution in [0.15, 0.2) is 12.5 Å². The summed E-state index contributed by atoms with van der Waals surface area (Å²) in [5, 5.41) is 0. The van der Waals surface area contributed by atoms with Gasteiger partial charge in [-0.2, -0.15) is 0 Å². The van der Waals surface area contributed by atoms with Crippen LogP contribution in [-0.2, 0) is 4.74 Å². The van der Waals surface area contributed by atoms with Gasteiger partial charge in [-0.3, -0.25) is 0 Å². The lowest BCUT2D eigenvalue weighted by molar-refractivity contribution is 0.181. The molecule has 1 atom stereocenters. The highest BCUT2D eigenvalue weighted by molar-refractivity contribution is 14.1. The molecule has 1 unspecified atom stereocenters. The van der Waals surface area contributed by atoms with E-state index in [0.717, 1.165) is 15.9 Å². The molecular weight excluding hydrogens is 305 g/mol. The molecule has 1 aromatic heterocycles. The summed E-state index contributed by atoms with van der Waals surface area (Å²) >= 11 is 2.25. The minimum absolute atomic E-state index is 0.323. The lowest BCUT2D eigenvalue weighted by Gasteiger charge is -2.29. The molecule has 0 aliphatic carbocycles. The standard InChI is InChI=1S/C10H16IN3O/c1-4-14(8(2)6-15-3)10-9(11)5-12-7-13-10/h5,7-8H,4,6H2,1-3H3. The van der Waals surface area contributed by atoms with E-state index in [9.17, 15) is 0 Å². The average Bonchev–Trinajstić information content (AvgIpc) is 2.22. The topological polar surface area (TPSA) is 38.2 Å². The van der Waals surface area contributed by atoms with Crippen molar-refractivity contribution in [2.24, 2.45) is 0 Å². The van der Waals surface area contributed by atoms with E-state index in [0.29, 0.717) is 12.6 Å². The summed E-state index contributed by atoms with van der Waals surface area (Å²) in [6, 6.07) is 0.323. The van der Waals surface area contributed by atoms with E-state index in [4.69, 9.17) is 4.74 Å². The highest BCUT2D eigenvalue weighted by Crippen LogP contribution is 2.19. The summed E-state index contributed by atoms with van der Waals surface area (Å²) < 4.78 is 6.23. The summed E-state index contributed by atoms with van der Waals surface area (Å²) in [4.78, 5) is 10.5. The fourth-order valence-electron chi connectivity index (χ4n) is 1.52. The number of likely N-dealkylation sites (N-methyl/N-ethyl adjacent to an activating group) is 1. The number of anilines is 1. The van der Waals surface area contributed by atoms with Gasteiger partial charge in [0.05, 0.1) is 16.2 Å². The first kappa shape index (κ1) is 12.6. The molecule has 0 aliphatic heterocycles. The normalized spacial score (nSPS) is 12.5. The van der Waals surface area contributed by atoms with Crippen molar-refractivity contribution in [1.29, 1.82) is 0 Å². The Morgan fingerprint density at radius 2 is 2.33 bits per heavy atom. The molecule has 0 N–H and O–H groups in total. The Morgan fingerprint density at radius 1 is 1.60 bits per heavy atom. The van der Waals surface area contributed by atoms with E-state index in [2.05, 4.69) is 51.3 Å². The number of ether oxygens (including phenoxy) is 1. The molecule has 4 nitrogen and oxygen atoms in total. The van der Waals surface area contributed by atoms with E-state index in [1.807, 2.05) is 6.20 Å². The van der Waals surface area contributed by atoms with Crippen LogP contribution >= 0.6 is 22.6 Å². The Kier molecular flexibility index (Phi) is 5.24. The molecule has 1 aromatic rings. The van der Waals surface area contributed by atoms with Crippen molar-refractivity contribution in [3.05, 3.63) is 16.1 Å². The van der Waals surface area contributed by atoms with Crippen molar-refractivity contribution in [2.45, 2.75) is 19.9 Å². The zero-order valence-electron chi connectivity index (χ0n) is 9.27. The summed E-state index contributed by atoms with van der Waals surface area (Å²) in [7, 11) is 1.72. The van der Waals surface area contributed by atoms with Gasteiger partial charge in [-0.15, -0.1) is 0 Å². The molecule has 0 aromatic carbocycles. The van der Waals surface area contributed by atoms with Crippen molar-refractivity contribution in [3.8, 4) is 0 Å². The third-order valence-corrected chi connectivity index (χ3v) is 2.96. The van der Waals surface area contributed by atoms with Gasteiger partial charge in [0, 0.05) is 19.9 Å². The van der Waals surface area contributed by atoms with E-state index in [1.165, 1.54) is 0 Å². The number of hydrogen-bond acceptors (Lipinski definition) is 4. The molecule has 1 heterocycles. The largest absolute Gasteiger partial charge is 0.383 e. The lowest BCUT2D eigenvalue weighted by atomic mass is 10.3. The maximum absolute atomic E-state index is 5.16. The summed E-state index contributed by atoms with van der Waals surface area (Å²) in [6.07, 6.45) is 3.41. The maximum atomic E-state index is 5.16. The van der Waals surface area contributed by atoms with Gasteiger partial charge in [-0.05, 0) is 36.4 Å². The number of rotatable bonds is 5. The molecular formula is C10H16IN3O. The van der Waals surface area contributed by atoms with Gasteiger partial charge < -0.3 is 9.64 Å². The van der Waals surface area contributed by atoms with Crippen LogP contribution in [0.3, 0.4) is 0 Å². The molecule has 0 aliphatic rings. The minimum Gasteiger partial charge on any atom is -0.383 e. The Morgan fingerprint density at radius 3 is 2.87 bits per heavy atom. The number of aromatic nitrogens is 2. The predicted molar refractivity (Wildman–Crippen MR) is 69.1 cm³/mol. The summed E-state index contributed by atoms with van der Waals surface area (Å²) in [5.74, 6) is 0.984. The minimum atomic E-state index is 0.323. The summed E-state index contributed by atoms with van der Waals surface area (Å²) in [5.41, 5.74) is 0. The second-order valence-corrected chi connectivity index (χ2v) is 4.45. The van der Waals surface area contributed by atoms with Gasteiger partial charge in [-0.1, -0.05) is 0 Å². The van der Waals surface area contributed by atoms with Gasteiger partial charge >= 0.3 is 0 Å². The van der Waals surface area contributed by atoms with Crippen LogP contribution in [0, 0.1) is 3.57 Å². The Labute approximate surface area is 104 Å². The molecule has 0 bridgehead atoms. The molecule has 0 spiro atoms. The third kappa shape index (κ3) is 3.27. The zero-order valence-corrected chi connectivity index (χ0v) is 11.4. The third-order valence-electron chi connectivity index (χ3n) is 2.20. The first-order chi connectivity index (χ1) is 7.20. The fourth-order valence-corrected chi connectivity index (χ4v) is 2.13. The highest BCUT2D eigenvalue weighted by Gasteiger charge is 2.16. The highest BCUT2D eigenvalue weighted by atomic mass is 127. The lowest BCUT2D eigenvalue weighted by Crippen LogP contribution is -2.37. The molecule has 0 saturated carbocycles. The van der Waals surface area contributed by atoms with Crippen molar-refractivity contribution in [1.82, 2.24) is 9.97 Å². The Bertz CT molecular complexity index is 308. The van der Waals surface area contributed by atoms with Gasteiger partial charge in [0.25, 0.3) is 0 Å². The predicted octanol–water partition coefficient (Wildman–Crippen LogP) is 1.94. The van der Waals surface area contributed by atoms with E-state index >= 15 is 0 Å². The molecule has 5 heteroatoms. The van der Waals surface area contributed by atoms with E-state index < -0.39 is 0 Å². The second kappa shape index (κ2) is 6.22. The van der Waals surface area contributed by atoms with Crippen molar-refractivity contribution in [2.75, 3.05) is 25.2 Å². The molecule has 0 saturated heterocycles. The van der Waals surface area contributed by atoms with Crippen LogP contribution in [0.2, 0.25) is 0 Å². The summed E-state index contributed by atoms with van der Waals surface area (Å²) in [6.45, 7) is 5.86. The molecule has 1 rings (SSSR count). The fraction of sp³-hybridized carbons (Fsp3) is 0.600. The zero-order chi connectivity index (χ0) is 11.3. The molecule has 0 fully saturated rings. The molecule has 0 amide bonds. The van der Waals surface area contributed by atoms with Crippen LogP contribution in [0.4, 0.5) is 5.82 Å². The molecule has 84 valence electrons. The Hall–Kier alpha value is -0.430. The van der Waals surface area contributed by atoms with Crippen LogP contribution in [0.25, 0.3) is 0 Å². The molecule has 15 heavy (non-hydrogen) atoms. The SMILES string of the molecule is CCN(c1ncncc1I)C(C)COC. The molecule has 0 radical (unpaired) electrons. The van der Waals surface area contributed by atoms with Crippen LogP contribution in [-0.4, -0.2) is 36.3 Å². The van der Waals surface area contributed by atoms with Gasteiger partial charge in [-0.25, -0.2) is 9.97 Å². The van der Waals surface area contributed by atoms with Crippen molar-refractivity contribution in [3.63, 3.8) is 0 Å². The average molecular weight is 321 g/mol. The first-order valence-electron chi connectivity index (χ1n) is 4.91. The number of nitrogens with zero attached hydrogens (tertiary/aromatic N) is 3.